The van der Waals surface area contributed by atoms with Crippen molar-refractivity contribution in [2.24, 2.45) is 5.73 Å². The maximum atomic E-state index is 11.0. The zero-order chi connectivity index (χ0) is 14.9. The van der Waals surface area contributed by atoms with E-state index in [4.69, 9.17) is 10.8 Å². The van der Waals surface area contributed by atoms with Crippen molar-refractivity contribution in [3.63, 3.8) is 0 Å². The molecule has 0 aliphatic rings. The molecule has 0 spiro atoms. The number of carboxylic acid groups (broad SMARTS) is 1. The maximum absolute atomic E-state index is 11.0. The minimum atomic E-state index is -1.13. The van der Waals surface area contributed by atoms with Crippen LogP contribution in [0.2, 0.25) is 0 Å². The van der Waals surface area contributed by atoms with Gasteiger partial charge in [-0.15, -0.1) is 5.10 Å². The smallest absolute Gasteiger partial charge is 0.358 e. The van der Waals surface area contributed by atoms with Gasteiger partial charge in [0.1, 0.15) is 0 Å². The SMILES string of the molecule is CCn1nc(C)c(Br)c1Cn1nnc(C(=O)O)c1CN. The molecule has 2 heterocycles. The summed E-state index contributed by atoms with van der Waals surface area (Å²) in [5, 5.41) is 21.0. The van der Waals surface area contributed by atoms with Crippen LogP contribution in [0.15, 0.2) is 4.47 Å². The number of nitrogens with two attached hydrogens (primary N) is 1. The normalized spacial score (nSPS) is 11.0. The molecule has 0 saturated carbocycles. The fourth-order valence-electron chi connectivity index (χ4n) is 1.99. The molecule has 0 aromatic carbocycles. The molecule has 0 bridgehead atoms. The second kappa shape index (κ2) is 5.71. The highest BCUT2D eigenvalue weighted by atomic mass is 79.9. The highest BCUT2D eigenvalue weighted by Gasteiger charge is 2.20. The average molecular weight is 343 g/mol. The van der Waals surface area contributed by atoms with Gasteiger partial charge in [0.05, 0.1) is 28.1 Å². The summed E-state index contributed by atoms with van der Waals surface area (Å²) in [5.41, 5.74) is 7.66. The van der Waals surface area contributed by atoms with Gasteiger partial charge in [0.2, 0.25) is 0 Å². The first kappa shape index (κ1) is 14.7. The van der Waals surface area contributed by atoms with Gasteiger partial charge in [-0.1, -0.05) is 5.21 Å². The summed E-state index contributed by atoms with van der Waals surface area (Å²) < 4.78 is 4.22. The quantitative estimate of drug-likeness (QED) is 0.829. The molecule has 3 N–H and O–H groups in total. The van der Waals surface area contributed by atoms with Crippen LogP contribution in [-0.4, -0.2) is 35.9 Å². The molecule has 8 nitrogen and oxygen atoms in total. The van der Waals surface area contributed by atoms with Crippen LogP contribution in [0.1, 0.15) is 34.5 Å². The van der Waals surface area contributed by atoms with Gasteiger partial charge >= 0.3 is 5.97 Å². The number of nitrogens with zero attached hydrogens (tertiary/aromatic N) is 5. The van der Waals surface area contributed by atoms with Crippen molar-refractivity contribution in [1.82, 2.24) is 24.8 Å². The summed E-state index contributed by atoms with van der Waals surface area (Å²) in [6, 6.07) is 0. The fraction of sp³-hybridized carbons (Fsp3) is 0.455. The molecule has 20 heavy (non-hydrogen) atoms. The molecule has 0 fully saturated rings. The van der Waals surface area contributed by atoms with Gasteiger partial charge < -0.3 is 10.8 Å². The van der Waals surface area contributed by atoms with Crippen molar-refractivity contribution >= 4 is 21.9 Å². The molecule has 0 atom stereocenters. The number of carbonyl (C=O) groups is 1. The number of rotatable bonds is 5. The van der Waals surface area contributed by atoms with Gasteiger partial charge in [0.15, 0.2) is 5.69 Å². The van der Waals surface area contributed by atoms with Crippen LogP contribution < -0.4 is 5.73 Å². The number of aryl methyl sites for hydroxylation is 2. The molecule has 0 amide bonds. The molecule has 0 radical (unpaired) electrons. The lowest BCUT2D eigenvalue weighted by Crippen LogP contribution is -2.15. The molecule has 0 unspecified atom stereocenters. The van der Waals surface area contributed by atoms with Crippen LogP contribution in [0.3, 0.4) is 0 Å². The van der Waals surface area contributed by atoms with Crippen molar-refractivity contribution in [1.29, 1.82) is 0 Å². The van der Waals surface area contributed by atoms with Crippen LogP contribution in [0.4, 0.5) is 0 Å². The van der Waals surface area contributed by atoms with Crippen LogP contribution in [0.25, 0.3) is 0 Å². The lowest BCUT2D eigenvalue weighted by atomic mass is 10.3. The molecule has 9 heteroatoms. The number of halogens is 1. The van der Waals surface area contributed by atoms with Gasteiger partial charge in [0, 0.05) is 13.1 Å². The monoisotopic (exact) mass is 342 g/mol. The third-order valence-corrected chi connectivity index (χ3v) is 4.02. The molecule has 2 rings (SSSR count). The van der Waals surface area contributed by atoms with E-state index in [9.17, 15) is 4.79 Å². The van der Waals surface area contributed by atoms with E-state index < -0.39 is 5.97 Å². The minimum absolute atomic E-state index is 0.0610. The van der Waals surface area contributed by atoms with Gasteiger partial charge in [-0.2, -0.15) is 5.10 Å². The molecule has 0 saturated heterocycles. The highest BCUT2D eigenvalue weighted by molar-refractivity contribution is 9.10. The second-order valence-corrected chi connectivity index (χ2v) is 5.01. The number of hydrogen-bond donors (Lipinski definition) is 2. The molecule has 108 valence electrons. The topological polar surface area (TPSA) is 112 Å². The summed E-state index contributed by atoms with van der Waals surface area (Å²) in [4.78, 5) is 11.0. The van der Waals surface area contributed by atoms with Crippen molar-refractivity contribution in [2.45, 2.75) is 33.5 Å². The van der Waals surface area contributed by atoms with E-state index in [0.717, 1.165) is 15.9 Å². The van der Waals surface area contributed by atoms with Crippen LogP contribution in [-0.2, 0) is 19.6 Å². The summed E-state index contributed by atoms with van der Waals surface area (Å²) >= 11 is 3.49. The van der Waals surface area contributed by atoms with Crippen LogP contribution in [0.5, 0.6) is 0 Å². The second-order valence-electron chi connectivity index (χ2n) is 4.21. The Bertz CT molecular complexity index is 648. The highest BCUT2D eigenvalue weighted by Crippen LogP contribution is 2.22. The lowest BCUT2D eigenvalue weighted by molar-refractivity contribution is 0.0689. The fourth-order valence-corrected chi connectivity index (χ4v) is 2.40. The Morgan fingerprint density at radius 3 is 2.65 bits per heavy atom. The van der Waals surface area contributed by atoms with E-state index >= 15 is 0 Å². The van der Waals surface area contributed by atoms with Crippen molar-refractivity contribution < 1.29 is 9.90 Å². The first-order chi connectivity index (χ1) is 9.49. The molecule has 0 aliphatic heterocycles. The Labute approximate surface area is 123 Å². The zero-order valence-electron chi connectivity index (χ0n) is 11.2. The Balaban J connectivity index is 2.43. The standard InChI is InChI=1S/C11H15BrN6O2/c1-3-17-8(9(12)6(2)15-17)5-18-7(4-13)10(11(19)20)14-16-18/h3-5,13H2,1-2H3,(H,19,20). The van der Waals surface area contributed by atoms with Crippen LogP contribution in [0, 0.1) is 6.92 Å². The first-order valence-electron chi connectivity index (χ1n) is 6.07. The van der Waals surface area contributed by atoms with E-state index in [1.54, 1.807) is 0 Å². The predicted octanol–water partition coefficient (Wildman–Crippen LogP) is 0.771. The number of aromatic carboxylic acids is 1. The lowest BCUT2D eigenvalue weighted by Gasteiger charge is -2.08. The summed E-state index contributed by atoms with van der Waals surface area (Å²) in [7, 11) is 0. The van der Waals surface area contributed by atoms with Gasteiger partial charge in [-0.05, 0) is 29.8 Å². The molecule has 2 aromatic heterocycles. The maximum Gasteiger partial charge on any atom is 0.358 e. The Morgan fingerprint density at radius 1 is 1.40 bits per heavy atom. The number of hydrogen-bond acceptors (Lipinski definition) is 5. The zero-order valence-corrected chi connectivity index (χ0v) is 12.8. The largest absolute Gasteiger partial charge is 0.476 e. The van der Waals surface area contributed by atoms with E-state index in [-0.39, 0.29) is 12.2 Å². The van der Waals surface area contributed by atoms with Gasteiger partial charge in [-0.3, -0.25) is 4.68 Å². The van der Waals surface area contributed by atoms with E-state index in [0.29, 0.717) is 18.8 Å². The third-order valence-electron chi connectivity index (χ3n) is 2.99. The Morgan fingerprint density at radius 2 is 2.10 bits per heavy atom. The summed E-state index contributed by atoms with van der Waals surface area (Å²) in [6.45, 7) is 5.01. The summed E-state index contributed by atoms with van der Waals surface area (Å²) in [5.74, 6) is -1.13. The van der Waals surface area contributed by atoms with E-state index in [1.807, 2.05) is 18.5 Å². The Kier molecular flexibility index (Phi) is 4.19. The first-order valence-corrected chi connectivity index (χ1v) is 6.86. The van der Waals surface area contributed by atoms with Crippen molar-refractivity contribution in [3.8, 4) is 0 Å². The number of carboxylic acids is 1. The molecular weight excluding hydrogens is 328 g/mol. The molecular formula is C11H15BrN6O2. The minimum Gasteiger partial charge on any atom is -0.476 e. The summed E-state index contributed by atoms with van der Waals surface area (Å²) in [6.07, 6.45) is 0. The Hall–Kier alpha value is -1.74. The number of aromatic nitrogens is 5. The average Bonchev–Trinajstić information content (AvgIpc) is 2.94. The van der Waals surface area contributed by atoms with E-state index in [1.165, 1.54) is 4.68 Å². The van der Waals surface area contributed by atoms with Gasteiger partial charge in [-0.25, -0.2) is 9.48 Å². The molecule has 0 aliphatic carbocycles. The third kappa shape index (κ3) is 2.46. The van der Waals surface area contributed by atoms with Crippen LogP contribution >= 0.6 is 15.9 Å². The van der Waals surface area contributed by atoms with Gasteiger partial charge in [0.25, 0.3) is 0 Å². The molecule has 2 aromatic rings. The van der Waals surface area contributed by atoms with Crippen molar-refractivity contribution in [3.05, 3.63) is 27.2 Å². The van der Waals surface area contributed by atoms with E-state index in [2.05, 4.69) is 31.3 Å². The van der Waals surface area contributed by atoms with Crippen molar-refractivity contribution in [2.75, 3.05) is 0 Å². The predicted molar refractivity (Wildman–Crippen MR) is 74.3 cm³/mol.